The van der Waals surface area contributed by atoms with Crippen molar-refractivity contribution in [2.45, 2.75) is 6.92 Å². The fourth-order valence-electron chi connectivity index (χ4n) is 1.42. The summed E-state index contributed by atoms with van der Waals surface area (Å²) in [7, 11) is 0. The van der Waals surface area contributed by atoms with Crippen molar-refractivity contribution in [3.05, 3.63) is 50.3 Å². The number of rotatable bonds is 3. The SMILES string of the molecule is Cc1cc(=O)[nH]c(NN=Cc2cc(Br)ccc2O)n1. The summed E-state index contributed by atoms with van der Waals surface area (Å²) in [5.41, 5.74) is 3.47. The van der Waals surface area contributed by atoms with Gasteiger partial charge in [0.1, 0.15) is 5.75 Å². The summed E-state index contributed by atoms with van der Waals surface area (Å²) in [6.07, 6.45) is 1.43. The average molecular weight is 323 g/mol. The van der Waals surface area contributed by atoms with E-state index < -0.39 is 0 Å². The largest absolute Gasteiger partial charge is 0.507 e. The maximum atomic E-state index is 11.2. The molecule has 19 heavy (non-hydrogen) atoms. The van der Waals surface area contributed by atoms with Gasteiger partial charge in [0, 0.05) is 21.8 Å². The van der Waals surface area contributed by atoms with Crippen LogP contribution in [0.3, 0.4) is 0 Å². The number of phenols is 1. The smallest absolute Gasteiger partial charge is 0.252 e. The zero-order valence-corrected chi connectivity index (χ0v) is 11.6. The molecule has 3 N–H and O–H groups in total. The highest BCUT2D eigenvalue weighted by molar-refractivity contribution is 9.10. The first-order chi connectivity index (χ1) is 9.04. The van der Waals surface area contributed by atoms with Crippen LogP contribution in [0.5, 0.6) is 5.75 Å². The minimum absolute atomic E-state index is 0.111. The summed E-state index contributed by atoms with van der Waals surface area (Å²) in [6.45, 7) is 1.71. The minimum atomic E-state index is -0.254. The lowest BCUT2D eigenvalue weighted by Crippen LogP contribution is -2.10. The first-order valence-corrected chi connectivity index (χ1v) is 6.19. The van der Waals surface area contributed by atoms with E-state index in [1.165, 1.54) is 12.3 Å². The number of hydrogen-bond acceptors (Lipinski definition) is 5. The number of aromatic nitrogens is 2. The number of nitrogens with one attached hydrogen (secondary N) is 2. The Kier molecular flexibility index (Phi) is 3.96. The molecule has 0 amide bonds. The molecule has 2 aromatic rings. The summed E-state index contributed by atoms with van der Waals surface area (Å²) < 4.78 is 0.828. The van der Waals surface area contributed by atoms with Gasteiger partial charge in [0.15, 0.2) is 0 Å². The van der Waals surface area contributed by atoms with Crippen LogP contribution in [0.4, 0.5) is 5.95 Å². The van der Waals surface area contributed by atoms with Crippen molar-refractivity contribution in [3.63, 3.8) is 0 Å². The summed E-state index contributed by atoms with van der Waals surface area (Å²) >= 11 is 3.30. The Bertz CT molecular complexity index is 682. The second-order valence-electron chi connectivity index (χ2n) is 3.81. The highest BCUT2D eigenvalue weighted by Gasteiger charge is 1.99. The highest BCUT2D eigenvalue weighted by Crippen LogP contribution is 2.19. The second-order valence-corrected chi connectivity index (χ2v) is 4.72. The molecule has 1 aromatic heterocycles. The third kappa shape index (κ3) is 3.65. The van der Waals surface area contributed by atoms with E-state index in [1.807, 2.05) is 0 Å². The molecule has 7 heteroatoms. The molecule has 2 rings (SSSR count). The van der Waals surface area contributed by atoms with Crippen molar-refractivity contribution in [1.82, 2.24) is 9.97 Å². The summed E-state index contributed by atoms with van der Waals surface area (Å²) in [5, 5.41) is 13.5. The van der Waals surface area contributed by atoms with Gasteiger partial charge in [-0.3, -0.25) is 9.78 Å². The molecule has 1 aromatic carbocycles. The average Bonchev–Trinajstić information content (AvgIpc) is 2.32. The Morgan fingerprint density at radius 3 is 3.00 bits per heavy atom. The van der Waals surface area contributed by atoms with Gasteiger partial charge in [-0.2, -0.15) is 5.10 Å². The van der Waals surface area contributed by atoms with Gasteiger partial charge in [-0.25, -0.2) is 10.4 Å². The van der Waals surface area contributed by atoms with Crippen molar-refractivity contribution in [1.29, 1.82) is 0 Å². The first kappa shape index (κ1) is 13.3. The number of halogens is 1. The van der Waals surface area contributed by atoms with Crippen molar-refractivity contribution >= 4 is 28.1 Å². The summed E-state index contributed by atoms with van der Waals surface area (Å²) in [6, 6.07) is 6.37. The maximum absolute atomic E-state index is 11.2. The van der Waals surface area contributed by atoms with Crippen molar-refractivity contribution in [2.24, 2.45) is 5.10 Å². The van der Waals surface area contributed by atoms with Crippen molar-refractivity contribution in [2.75, 3.05) is 5.43 Å². The number of aromatic hydroxyl groups is 1. The maximum Gasteiger partial charge on any atom is 0.252 e. The molecule has 0 bridgehead atoms. The van der Waals surface area contributed by atoms with E-state index in [9.17, 15) is 9.90 Å². The van der Waals surface area contributed by atoms with E-state index in [0.717, 1.165) is 4.47 Å². The van der Waals surface area contributed by atoms with Crippen LogP contribution in [0, 0.1) is 6.92 Å². The molecule has 0 spiro atoms. The molecular formula is C12H11BrN4O2. The Morgan fingerprint density at radius 2 is 2.26 bits per heavy atom. The van der Waals surface area contributed by atoms with Crippen LogP contribution in [0.15, 0.2) is 38.6 Å². The Hall–Kier alpha value is -2.15. The number of anilines is 1. The first-order valence-electron chi connectivity index (χ1n) is 5.40. The molecule has 0 aliphatic carbocycles. The highest BCUT2D eigenvalue weighted by atomic mass is 79.9. The predicted molar refractivity (Wildman–Crippen MR) is 76.6 cm³/mol. The van der Waals surface area contributed by atoms with E-state index >= 15 is 0 Å². The van der Waals surface area contributed by atoms with Gasteiger partial charge in [0.25, 0.3) is 5.56 Å². The van der Waals surface area contributed by atoms with Gasteiger partial charge in [0.05, 0.1) is 6.21 Å². The van der Waals surface area contributed by atoms with Gasteiger partial charge in [-0.1, -0.05) is 15.9 Å². The zero-order chi connectivity index (χ0) is 13.8. The van der Waals surface area contributed by atoms with E-state index in [-0.39, 0.29) is 17.3 Å². The molecule has 0 aliphatic rings. The number of hydrogen-bond donors (Lipinski definition) is 3. The fraction of sp³-hybridized carbons (Fsp3) is 0.0833. The lowest BCUT2D eigenvalue weighted by Gasteiger charge is -2.01. The van der Waals surface area contributed by atoms with Crippen LogP contribution < -0.4 is 11.0 Å². The Balaban J connectivity index is 2.15. The fourth-order valence-corrected chi connectivity index (χ4v) is 1.80. The number of benzene rings is 1. The molecule has 98 valence electrons. The quantitative estimate of drug-likeness (QED) is 0.595. The number of H-pyrrole nitrogens is 1. The topological polar surface area (TPSA) is 90.4 Å². The number of aromatic amines is 1. The minimum Gasteiger partial charge on any atom is -0.507 e. The lowest BCUT2D eigenvalue weighted by molar-refractivity contribution is 0.474. The van der Waals surface area contributed by atoms with Crippen LogP contribution in [0.2, 0.25) is 0 Å². The Morgan fingerprint density at radius 1 is 1.47 bits per heavy atom. The summed E-state index contributed by atoms with van der Waals surface area (Å²) in [4.78, 5) is 17.8. The van der Waals surface area contributed by atoms with E-state index in [2.05, 4.69) is 36.4 Å². The van der Waals surface area contributed by atoms with E-state index in [1.54, 1.807) is 25.1 Å². The standard InChI is InChI=1S/C12H11BrN4O2/c1-7-4-11(19)16-12(15-7)17-14-6-8-5-9(13)2-3-10(8)18/h2-6,18H,1H3,(H2,15,16,17,19). The van der Waals surface area contributed by atoms with Crippen LogP contribution in [-0.2, 0) is 0 Å². The van der Waals surface area contributed by atoms with Crippen LogP contribution in [-0.4, -0.2) is 21.3 Å². The van der Waals surface area contributed by atoms with Crippen LogP contribution in [0.25, 0.3) is 0 Å². The van der Waals surface area contributed by atoms with Gasteiger partial charge >= 0.3 is 0 Å². The van der Waals surface area contributed by atoms with Crippen LogP contribution >= 0.6 is 15.9 Å². The molecule has 0 radical (unpaired) electrons. The monoisotopic (exact) mass is 322 g/mol. The number of aryl methyl sites for hydroxylation is 1. The molecule has 0 unspecified atom stereocenters. The van der Waals surface area contributed by atoms with Gasteiger partial charge in [-0.15, -0.1) is 0 Å². The lowest BCUT2D eigenvalue weighted by atomic mass is 10.2. The van der Waals surface area contributed by atoms with Crippen LogP contribution in [0.1, 0.15) is 11.3 Å². The number of phenolic OH excluding ortho intramolecular Hbond substituents is 1. The molecular weight excluding hydrogens is 312 g/mol. The van der Waals surface area contributed by atoms with Gasteiger partial charge < -0.3 is 5.11 Å². The molecule has 0 saturated carbocycles. The van der Waals surface area contributed by atoms with E-state index in [0.29, 0.717) is 11.3 Å². The van der Waals surface area contributed by atoms with Crippen molar-refractivity contribution < 1.29 is 5.11 Å². The normalized spacial score (nSPS) is 10.8. The molecule has 0 atom stereocenters. The van der Waals surface area contributed by atoms with E-state index in [4.69, 9.17) is 0 Å². The molecule has 0 aliphatic heterocycles. The summed E-state index contributed by atoms with van der Waals surface area (Å²) in [5.74, 6) is 0.357. The third-order valence-electron chi connectivity index (χ3n) is 2.23. The Labute approximate surface area is 117 Å². The second kappa shape index (κ2) is 5.66. The number of hydrazone groups is 1. The molecule has 0 saturated heterocycles. The van der Waals surface area contributed by atoms with Gasteiger partial charge in [0.2, 0.25) is 5.95 Å². The molecule has 1 heterocycles. The molecule has 0 fully saturated rings. The zero-order valence-electron chi connectivity index (χ0n) is 10.0. The van der Waals surface area contributed by atoms with Gasteiger partial charge in [-0.05, 0) is 25.1 Å². The predicted octanol–water partition coefficient (Wildman–Crippen LogP) is 1.99. The molecule has 6 nitrogen and oxygen atoms in total. The van der Waals surface area contributed by atoms with Crippen molar-refractivity contribution in [3.8, 4) is 5.75 Å². The third-order valence-corrected chi connectivity index (χ3v) is 2.73. The number of nitrogens with zero attached hydrogens (tertiary/aromatic N) is 2.